The number of nitrogens with one attached hydrogen (secondary N) is 1. The molecule has 6 heteroatoms. The third-order valence-corrected chi connectivity index (χ3v) is 4.03. The monoisotopic (exact) mass is 350 g/mol. The Bertz CT molecular complexity index is 942. The Labute approximate surface area is 151 Å². The Kier molecular flexibility index (Phi) is 4.81. The number of carbonyl (C=O) groups is 1. The predicted octanol–water partition coefficient (Wildman–Crippen LogP) is 3.59. The highest BCUT2D eigenvalue weighted by Crippen LogP contribution is 2.35. The Morgan fingerprint density at radius 2 is 1.96 bits per heavy atom. The molecular formula is C20H18N2O4. The van der Waals surface area contributed by atoms with Crippen molar-refractivity contribution >= 4 is 17.7 Å². The molecule has 1 N–H and O–H groups in total. The summed E-state index contributed by atoms with van der Waals surface area (Å²) >= 11 is 0. The Morgan fingerprint density at radius 1 is 1.23 bits per heavy atom. The molecule has 0 bridgehead atoms. The highest BCUT2D eigenvalue weighted by Gasteiger charge is 2.17. The van der Waals surface area contributed by atoms with E-state index in [0.717, 1.165) is 16.7 Å². The first-order chi connectivity index (χ1) is 12.5. The number of aryl methyl sites for hydroxylation is 2. The minimum atomic E-state index is -0.506. The smallest absolute Gasteiger partial charge is 0.266 e. The van der Waals surface area contributed by atoms with Crippen LogP contribution in [-0.2, 0) is 4.79 Å². The van der Waals surface area contributed by atoms with Gasteiger partial charge in [0.05, 0.1) is 12.8 Å². The average Bonchev–Trinajstić information content (AvgIpc) is 3.06. The van der Waals surface area contributed by atoms with Crippen LogP contribution in [0.25, 0.3) is 6.08 Å². The van der Waals surface area contributed by atoms with Crippen molar-refractivity contribution in [1.82, 2.24) is 0 Å². The molecular weight excluding hydrogens is 332 g/mol. The number of anilines is 1. The Morgan fingerprint density at radius 3 is 2.65 bits per heavy atom. The van der Waals surface area contributed by atoms with Gasteiger partial charge in [-0.1, -0.05) is 6.07 Å². The molecule has 26 heavy (non-hydrogen) atoms. The summed E-state index contributed by atoms with van der Waals surface area (Å²) in [5.41, 5.74) is 3.06. The number of ether oxygens (including phenoxy) is 3. The predicted molar refractivity (Wildman–Crippen MR) is 97.3 cm³/mol. The first kappa shape index (κ1) is 17.4. The molecule has 1 aliphatic heterocycles. The summed E-state index contributed by atoms with van der Waals surface area (Å²) in [6.45, 7) is 3.96. The van der Waals surface area contributed by atoms with Crippen molar-refractivity contribution in [3.05, 3.63) is 52.6 Å². The van der Waals surface area contributed by atoms with Crippen LogP contribution >= 0.6 is 0 Å². The lowest BCUT2D eigenvalue weighted by Crippen LogP contribution is -2.14. The average molecular weight is 350 g/mol. The highest BCUT2D eigenvalue weighted by molar-refractivity contribution is 6.10. The molecule has 1 amide bonds. The first-order valence-electron chi connectivity index (χ1n) is 8.00. The minimum Gasteiger partial charge on any atom is -0.495 e. The van der Waals surface area contributed by atoms with Gasteiger partial charge in [-0.25, -0.2) is 0 Å². The van der Waals surface area contributed by atoms with Crippen LogP contribution in [0.15, 0.2) is 35.9 Å². The van der Waals surface area contributed by atoms with Crippen molar-refractivity contribution < 1.29 is 19.0 Å². The fraction of sp³-hybridized carbons (Fsp3) is 0.200. The van der Waals surface area contributed by atoms with Crippen molar-refractivity contribution in [3.8, 4) is 23.3 Å². The van der Waals surface area contributed by atoms with Crippen LogP contribution in [0.3, 0.4) is 0 Å². The summed E-state index contributed by atoms with van der Waals surface area (Å²) in [6.07, 6.45) is 1.54. The van der Waals surface area contributed by atoms with E-state index in [-0.39, 0.29) is 12.4 Å². The molecule has 3 rings (SSSR count). The van der Waals surface area contributed by atoms with Gasteiger partial charge in [-0.15, -0.1) is 0 Å². The molecule has 0 saturated heterocycles. The second-order valence-electron chi connectivity index (χ2n) is 5.89. The minimum absolute atomic E-state index is 0.0180. The normalized spacial score (nSPS) is 12.5. The van der Waals surface area contributed by atoms with Gasteiger partial charge in [-0.3, -0.25) is 4.79 Å². The number of rotatable bonds is 4. The maximum Gasteiger partial charge on any atom is 0.266 e. The van der Waals surface area contributed by atoms with Gasteiger partial charge in [0.25, 0.3) is 5.91 Å². The van der Waals surface area contributed by atoms with Crippen molar-refractivity contribution in [3.63, 3.8) is 0 Å². The van der Waals surface area contributed by atoms with E-state index in [2.05, 4.69) is 5.32 Å². The van der Waals surface area contributed by atoms with Crippen molar-refractivity contribution in [2.24, 2.45) is 0 Å². The lowest BCUT2D eigenvalue weighted by atomic mass is 10.0. The van der Waals surface area contributed by atoms with Gasteiger partial charge in [0.15, 0.2) is 11.5 Å². The molecule has 0 atom stereocenters. The van der Waals surface area contributed by atoms with Crippen molar-refractivity contribution in [2.45, 2.75) is 13.8 Å². The number of hydrogen-bond donors (Lipinski definition) is 1. The lowest BCUT2D eigenvalue weighted by Gasteiger charge is -2.11. The van der Waals surface area contributed by atoms with Gasteiger partial charge in [0.2, 0.25) is 6.79 Å². The Hall–Kier alpha value is -3.46. The molecule has 132 valence electrons. The van der Waals surface area contributed by atoms with Gasteiger partial charge in [-0.05, 0) is 60.9 Å². The van der Waals surface area contributed by atoms with Crippen LogP contribution in [0.4, 0.5) is 5.69 Å². The zero-order valence-corrected chi connectivity index (χ0v) is 14.8. The standard InChI is InChI=1S/C20H18N2O4/c1-12-4-5-17(24-3)16(6-12)22-20(23)15(10-21)8-14-9-19-18(7-13(14)2)25-11-26-19/h4-9H,11H2,1-3H3,(H,22,23)/b15-8+. The molecule has 1 aliphatic rings. The SMILES string of the molecule is COc1ccc(C)cc1NC(=O)/C(C#N)=C/c1cc2c(cc1C)OCO2. The number of methoxy groups -OCH3 is 1. The van der Waals surface area contributed by atoms with Crippen LogP contribution in [0.5, 0.6) is 17.2 Å². The van der Waals surface area contributed by atoms with Crippen LogP contribution in [-0.4, -0.2) is 19.8 Å². The molecule has 2 aromatic carbocycles. The number of carbonyl (C=O) groups excluding carboxylic acids is 1. The molecule has 0 aliphatic carbocycles. The van der Waals surface area contributed by atoms with Crippen molar-refractivity contribution in [1.29, 1.82) is 5.26 Å². The summed E-state index contributed by atoms with van der Waals surface area (Å²) < 4.78 is 15.9. The maximum absolute atomic E-state index is 12.6. The van der Waals surface area contributed by atoms with Gasteiger partial charge >= 0.3 is 0 Å². The van der Waals surface area contributed by atoms with E-state index in [1.165, 1.54) is 13.2 Å². The van der Waals surface area contributed by atoms with E-state index in [0.29, 0.717) is 22.9 Å². The summed E-state index contributed by atoms with van der Waals surface area (Å²) in [4.78, 5) is 12.6. The van der Waals surface area contributed by atoms with E-state index in [9.17, 15) is 10.1 Å². The van der Waals surface area contributed by atoms with Gasteiger partial charge in [0, 0.05) is 0 Å². The molecule has 0 spiro atoms. The number of nitrogens with zero attached hydrogens (tertiary/aromatic N) is 1. The van der Waals surface area contributed by atoms with Crippen LogP contribution in [0.2, 0.25) is 0 Å². The summed E-state index contributed by atoms with van der Waals surface area (Å²) in [6, 6.07) is 11.0. The quantitative estimate of drug-likeness (QED) is 0.673. The Balaban J connectivity index is 1.90. The molecule has 0 fully saturated rings. The molecule has 0 aromatic heterocycles. The molecule has 6 nitrogen and oxygen atoms in total. The summed E-state index contributed by atoms with van der Waals surface area (Å²) in [5.74, 6) is 1.28. The lowest BCUT2D eigenvalue weighted by molar-refractivity contribution is -0.112. The van der Waals surface area contributed by atoms with Crippen LogP contribution < -0.4 is 19.5 Å². The highest BCUT2D eigenvalue weighted by atomic mass is 16.7. The molecule has 2 aromatic rings. The zero-order valence-electron chi connectivity index (χ0n) is 14.8. The van der Waals surface area contributed by atoms with E-state index in [1.54, 1.807) is 18.2 Å². The van der Waals surface area contributed by atoms with Gasteiger partial charge in [-0.2, -0.15) is 5.26 Å². The number of amides is 1. The third kappa shape index (κ3) is 3.47. The van der Waals surface area contributed by atoms with Crippen LogP contribution in [0, 0.1) is 25.2 Å². The molecule has 0 unspecified atom stereocenters. The molecule has 0 radical (unpaired) electrons. The van der Waals surface area contributed by atoms with Crippen molar-refractivity contribution in [2.75, 3.05) is 19.2 Å². The summed E-state index contributed by atoms with van der Waals surface area (Å²) in [5, 5.41) is 12.2. The molecule has 1 heterocycles. The first-order valence-corrected chi connectivity index (χ1v) is 8.00. The van der Waals surface area contributed by atoms with E-state index < -0.39 is 5.91 Å². The van der Waals surface area contributed by atoms with E-state index in [1.807, 2.05) is 32.0 Å². The number of fused-ring (bicyclic) bond motifs is 1. The third-order valence-electron chi connectivity index (χ3n) is 4.03. The molecule has 0 saturated carbocycles. The zero-order chi connectivity index (χ0) is 18.7. The number of hydrogen-bond acceptors (Lipinski definition) is 5. The van der Waals surface area contributed by atoms with Gasteiger partial charge in [0.1, 0.15) is 17.4 Å². The summed E-state index contributed by atoms with van der Waals surface area (Å²) in [7, 11) is 1.53. The topological polar surface area (TPSA) is 80.6 Å². The maximum atomic E-state index is 12.6. The largest absolute Gasteiger partial charge is 0.495 e. The van der Waals surface area contributed by atoms with E-state index >= 15 is 0 Å². The number of nitriles is 1. The second-order valence-corrected chi connectivity index (χ2v) is 5.89. The fourth-order valence-electron chi connectivity index (χ4n) is 2.63. The second kappa shape index (κ2) is 7.19. The van der Waals surface area contributed by atoms with E-state index in [4.69, 9.17) is 14.2 Å². The number of benzene rings is 2. The van der Waals surface area contributed by atoms with Crippen LogP contribution in [0.1, 0.15) is 16.7 Å². The van der Waals surface area contributed by atoms with Gasteiger partial charge < -0.3 is 19.5 Å². The fourth-order valence-corrected chi connectivity index (χ4v) is 2.63.